The molecule has 8 nitrogen and oxygen atoms in total. The van der Waals surface area contributed by atoms with Crippen molar-refractivity contribution in [2.75, 3.05) is 25.0 Å². The molecule has 194 valence electrons. The first-order valence-corrected chi connectivity index (χ1v) is 12.4. The highest BCUT2D eigenvalue weighted by atomic mass is 19.1. The zero-order valence-corrected chi connectivity index (χ0v) is 20.7. The fraction of sp³-hybridized carbons (Fsp3) is 0.207. The second-order valence-corrected chi connectivity index (χ2v) is 9.15. The van der Waals surface area contributed by atoms with Crippen molar-refractivity contribution in [2.24, 2.45) is 0 Å². The van der Waals surface area contributed by atoms with Crippen LogP contribution in [-0.2, 0) is 22.6 Å². The molecule has 1 aromatic heterocycles. The molecule has 1 aliphatic rings. The summed E-state index contributed by atoms with van der Waals surface area (Å²) in [6.45, 7) is 2.23. The lowest BCUT2D eigenvalue weighted by Crippen LogP contribution is -2.59. The molecule has 38 heavy (non-hydrogen) atoms. The first kappa shape index (κ1) is 25.2. The predicted octanol–water partition coefficient (Wildman–Crippen LogP) is 4.24. The smallest absolute Gasteiger partial charge is 0.248 e. The summed E-state index contributed by atoms with van der Waals surface area (Å²) in [5.74, 6) is 0.343. The van der Waals surface area contributed by atoms with Crippen molar-refractivity contribution in [3.63, 3.8) is 0 Å². The van der Waals surface area contributed by atoms with Crippen molar-refractivity contribution in [3.8, 4) is 11.5 Å². The minimum absolute atomic E-state index is 0.128. The van der Waals surface area contributed by atoms with Crippen LogP contribution in [0.1, 0.15) is 11.3 Å². The Morgan fingerprint density at radius 3 is 2.37 bits per heavy atom. The summed E-state index contributed by atoms with van der Waals surface area (Å²) in [4.78, 5) is 37.4. The molecule has 0 unspecified atom stereocenters. The number of rotatable bonds is 8. The van der Waals surface area contributed by atoms with Crippen LogP contribution in [0.3, 0.4) is 0 Å². The van der Waals surface area contributed by atoms with Gasteiger partial charge in [0.1, 0.15) is 23.4 Å². The molecule has 0 bridgehead atoms. The zero-order chi connectivity index (χ0) is 26.3. The SMILES string of the molecule is O=C(Nc1ccc(Oc2ccc(F)cc2)cc1)[C@@H]1CN(Cc2ccccc2)CCN1C(=O)Cc1cnc[nH]1. The van der Waals surface area contributed by atoms with Gasteiger partial charge < -0.3 is 19.9 Å². The Hall–Kier alpha value is -4.50. The molecule has 4 aromatic rings. The molecular weight excluding hydrogens is 485 g/mol. The van der Waals surface area contributed by atoms with E-state index >= 15 is 0 Å². The Morgan fingerprint density at radius 2 is 1.68 bits per heavy atom. The Labute approximate surface area is 220 Å². The molecule has 3 aromatic carbocycles. The summed E-state index contributed by atoms with van der Waals surface area (Å²) < 4.78 is 18.9. The van der Waals surface area contributed by atoms with Gasteiger partial charge in [0.15, 0.2) is 0 Å². The maximum atomic E-state index is 13.5. The van der Waals surface area contributed by atoms with E-state index in [-0.39, 0.29) is 24.1 Å². The molecular formula is C29H28FN5O3. The van der Waals surface area contributed by atoms with E-state index < -0.39 is 6.04 Å². The number of carbonyl (C=O) groups is 2. The Kier molecular flexibility index (Phi) is 7.75. The first-order chi connectivity index (χ1) is 18.5. The number of imidazole rings is 1. The van der Waals surface area contributed by atoms with Gasteiger partial charge in [0.25, 0.3) is 0 Å². The van der Waals surface area contributed by atoms with Gasteiger partial charge >= 0.3 is 0 Å². The second kappa shape index (κ2) is 11.7. The van der Waals surface area contributed by atoms with Gasteiger partial charge in [0, 0.05) is 43.8 Å². The van der Waals surface area contributed by atoms with Crippen LogP contribution in [0.15, 0.2) is 91.4 Å². The second-order valence-electron chi connectivity index (χ2n) is 9.15. The van der Waals surface area contributed by atoms with Crippen molar-refractivity contribution in [2.45, 2.75) is 19.0 Å². The molecule has 2 N–H and O–H groups in total. The molecule has 0 aliphatic carbocycles. The van der Waals surface area contributed by atoms with Gasteiger partial charge in [-0.2, -0.15) is 0 Å². The lowest BCUT2D eigenvalue weighted by molar-refractivity contribution is -0.141. The van der Waals surface area contributed by atoms with E-state index in [9.17, 15) is 14.0 Å². The van der Waals surface area contributed by atoms with Gasteiger partial charge in [0.05, 0.1) is 12.7 Å². The number of carbonyl (C=O) groups excluding carboxylic acids is 2. The van der Waals surface area contributed by atoms with Crippen molar-refractivity contribution in [1.82, 2.24) is 19.8 Å². The highest BCUT2D eigenvalue weighted by Crippen LogP contribution is 2.24. The van der Waals surface area contributed by atoms with E-state index in [4.69, 9.17) is 4.74 Å². The molecule has 0 radical (unpaired) electrons. The summed E-state index contributed by atoms with van der Waals surface area (Å²) in [7, 11) is 0. The topological polar surface area (TPSA) is 90.6 Å². The van der Waals surface area contributed by atoms with Crippen LogP contribution < -0.4 is 10.1 Å². The number of ether oxygens (including phenoxy) is 1. The standard InChI is InChI=1S/C29H28FN5O3/c30-22-6-10-25(11-7-22)38-26-12-8-23(9-13-26)33-29(37)27-19-34(18-21-4-2-1-3-5-21)14-15-35(27)28(36)16-24-17-31-20-32-24/h1-13,17,20,27H,14-16,18-19H2,(H,31,32)(H,33,37)/t27-/m0/s1. The van der Waals surface area contributed by atoms with Crippen LogP contribution in [0.4, 0.5) is 10.1 Å². The van der Waals surface area contributed by atoms with Crippen LogP contribution in [0.2, 0.25) is 0 Å². The predicted molar refractivity (Wildman–Crippen MR) is 141 cm³/mol. The molecule has 0 spiro atoms. The highest BCUT2D eigenvalue weighted by Gasteiger charge is 2.35. The molecule has 9 heteroatoms. The Morgan fingerprint density at radius 1 is 0.974 bits per heavy atom. The third kappa shape index (κ3) is 6.43. The average Bonchev–Trinajstić information content (AvgIpc) is 3.44. The van der Waals surface area contributed by atoms with E-state index in [1.54, 1.807) is 47.5 Å². The lowest BCUT2D eigenvalue weighted by Gasteiger charge is -2.40. The largest absolute Gasteiger partial charge is 0.457 e. The van der Waals surface area contributed by atoms with E-state index in [1.165, 1.54) is 18.5 Å². The first-order valence-electron chi connectivity index (χ1n) is 12.4. The lowest BCUT2D eigenvalue weighted by atomic mass is 10.1. The third-order valence-corrected chi connectivity index (χ3v) is 6.40. The summed E-state index contributed by atoms with van der Waals surface area (Å²) in [5, 5.41) is 2.95. The van der Waals surface area contributed by atoms with Crippen molar-refractivity contribution >= 4 is 17.5 Å². The Bertz CT molecular complexity index is 1350. The minimum Gasteiger partial charge on any atom is -0.457 e. The normalized spacial score (nSPS) is 15.7. The number of benzene rings is 3. The van der Waals surface area contributed by atoms with E-state index in [0.717, 1.165) is 5.56 Å². The number of nitrogens with one attached hydrogen (secondary N) is 2. The van der Waals surface area contributed by atoms with Gasteiger partial charge in [-0.1, -0.05) is 30.3 Å². The Balaban J connectivity index is 1.27. The number of nitrogens with zero attached hydrogens (tertiary/aromatic N) is 3. The molecule has 0 saturated carbocycles. The molecule has 2 heterocycles. The number of hydrogen-bond acceptors (Lipinski definition) is 5. The molecule has 1 aliphatic heterocycles. The van der Waals surface area contributed by atoms with E-state index in [0.29, 0.717) is 49.1 Å². The fourth-order valence-electron chi connectivity index (χ4n) is 4.46. The van der Waals surface area contributed by atoms with Crippen LogP contribution in [0.25, 0.3) is 0 Å². The third-order valence-electron chi connectivity index (χ3n) is 6.40. The number of piperazine rings is 1. The minimum atomic E-state index is -0.655. The summed E-state index contributed by atoms with van der Waals surface area (Å²) in [5.41, 5.74) is 2.45. The van der Waals surface area contributed by atoms with E-state index in [2.05, 4.69) is 32.3 Å². The monoisotopic (exact) mass is 513 g/mol. The maximum Gasteiger partial charge on any atom is 0.248 e. The van der Waals surface area contributed by atoms with Crippen LogP contribution in [-0.4, -0.2) is 57.3 Å². The highest BCUT2D eigenvalue weighted by molar-refractivity contribution is 5.97. The van der Waals surface area contributed by atoms with Crippen LogP contribution >= 0.6 is 0 Å². The summed E-state index contributed by atoms with van der Waals surface area (Å²) in [6, 6.07) is 22.1. The number of amides is 2. The zero-order valence-electron chi connectivity index (χ0n) is 20.7. The number of aromatic amines is 1. The molecule has 5 rings (SSSR count). The van der Waals surface area contributed by atoms with Gasteiger partial charge in [-0.3, -0.25) is 14.5 Å². The number of halogens is 1. The van der Waals surface area contributed by atoms with Crippen molar-refractivity contribution in [3.05, 3.63) is 108 Å². The summed E-state index contributed by atoms with van der Waals surface area (Å²) >= 11 is 0. The molecule has 1 atom stereocenters. The average molecular weight is 514 g/mol. The van der Waals surface area contributed by atoms with Gasteiger partial charge in [0.2, 0.25) is 11.8 Å². The quantitative estimate of drug-likeness (QED) is 0.368. The summed E-state index contributed by atoms with van der Waals surface area (Å²) in [6.07, 6.45) is 3.31. The van der Waals surface area contributed by atoms with E-state index in [1.807, 2.05) is 18.2 Å². The molecule has 1 fully saturated rings. The van der Waals surface area contributed by atoms with Crippen molar-refractivity contribution in [1.29, 1.82) is 0 Å². The molecule has 2 amide bonds. The number of aromatic nitrogens is 2. The van der Waals surface area contributed by atoms with Gasteiger partial charge in [-0.25, -0.2) is 9.37 Å². The van der Waals surface area contributed by atoms with Crippen LogP contribution in [0.5, 0.6) is 11.5 Å². The number of H-pyrrole nitrogens is 1. The number of hydrogen-bond donors (Lipinski definition) is 2. The maximum absolute atomic E-state index is 13.5. The fourth-order valence-corrected chi connectivity index (χ4v) is 4.46. The van der Waals surface area contributed by atoms with Crippen molar-refractivity contribution < 1.29 is 18.7 Å². The van der Waals surface area contributed by atoms with Crippen LogP contribution in [0, 0.1) is 5.82 Å². The molecule has 1 saturated heterocycles. The van der Waals surface area contributed by atoms with Gasteiger partial charge in [-0.05, 0) is 54.1 Å². The number of anilines is 1. The van der Waals surface area contributed by atoms with Gasteiger partial charge in [-0.15, -0.1) is 0 Å².